The van der Waals surface area contributed by atoms with Crippen LogP contribution in [-0.2, 0) is 32.0 Å². The van der Waals surface area contributed by atoms with Gasteiger partial charge in [-0.1, -0.05) is 35.9 Å². The Labute approximate surface area is 245 Å². The predicted octanol–water partition coefficient (Wildman–Crippen LogP) is 3.37. The molecule has 0 bridgehead atoms. The summed E-state index contributed by atoms with van der Waals surface area (Å²) in [7, 11) is 1.21. The van der Waals surface area contributed by atoms with Crippen molar-refractivity contribution in [3.8, 4) is 0 Å². The second kappa shape index (κ2) is 15.5. The van der Waals surface area contributed by atoms with E-state index in [1.165, 1.54) is 19.2 Å². The summed E-state index contributed by atoms with van der Waals surface area (Å²) in [4.78, 5) is 54.4. The molecule has 1 fully saturated rings. The van der Waals surface area contributed by atoms with Crippen LogP contribution < -0.4 is 10.6 Å². The van der Waals surface area contributed by atoms with Crippen molar-refractivity contribution < 1.29 is 28.3 Å². The molecule has 2 aromatic carbocycles. The van der Waals surface area contributed by atoms with E-state index in [-0.39, 0.29) is 43.3 Å². The highest BCUT2D eigenvalue weighted by Crippen LogP contribution is 2.22. The highest BCUT2D eigenvalue weighted by Gasteiger charge is 2.38. The van der Waals surface area contributed by atoms with Gasteiger partial charge in [0.25, 0.3) is 0 Å². The van der Waals surface area contributed by atoms with Crippen molar-refractivity contribution in [2.75, 3.05) is 26.7 Å². The maximum Gasteiger partial charge on any atom is 0.407 e. The van der Waals surface area contributed by atoms with Crippen LogP contribution in [0.25, 0.3) is 0 Å². The molecule has 0 aromatic heterocycles. The smallest absolute Gasteiger partial charge is 0.407 e. The molecule has 1 aliphatic heterocycles. The van der Waals surface area contributed by atoms with Crippen LogP contribution >= 0.6 is 11.6 Å². The number of halogens is 2. The fourth-order valence-corrected chi connectivity index (χ4v) is 5.16. The van der Waals surface area contributed by atoms with Crippen molar-refractivity contribution in [2.24, 2.45) is 0 Å². The van der Waals surface area contributed by atoms with Crippen LogP contribution in [-0.4, -0.2) is 84.9 Å². The molecule has 3 amide bonds. The largest absolute Gasteiger partial charge is 0.453 e. The van der Waals surface area contributed by atoms with Gasteiger partial charge in [-0.05, 0) is 62.1 Å². The Kier molecular flexibility index (Phi) is 12.1. The number of benzene rings is 2. The van der Waals surface area contributed by atoms with Crippen LogP contribution in [0.1, 0.15) is 37.8 Å². The fourth-order valence-electron chi connectivity index (χ4n) is 5.03. The molecule has 0 aliphatic carbocycles. The molecule has 3 atom stereocenters. The molecule has 0 radical (unpaired) electrons. The number of carbonyl (C=O) groups excluding carboxylic acids is 4. The molecule has 0 spiro atoms. The number of nitrogens with zero attached hydrogens (tertiary/aromatic N) is 2. The summed E-state index contributed by atoms with van der Waals surface area (Å²) < 4.78 is 18.2. The van der Waals surface area contributed by atoms with Gasteiger partial charge in [-0.15, -0.1) is 0 Å². The van der Waals surface area contributed by atoms with E-state index in [0.29, 0.717) is 36.5 Å². The number of hydrogen-bond donors (Lipinski definition) is 2. The van der Waals surface area contributed by atoms with E-state index in [1.807, 2.05) is 30.9 Å². The zero-order chi connectivity index (χ0) is 29.9. The van der Waals surface area contributed by atoms with E-state index < -0.39 is 24.0 Å². The van der Waals surface area contributed by atoms with Crippen LogP contribution in [0, 0.1) is 5.82 Å². The normalized spacial score (nSPS) is 17.0. The molecule has 41 heavy (non-hydrogen) atoms. The predicted molar refractivity (Wildman–Crippen MR) is 154 cm³/mol. The molecule has 2 aromatic rings. The highest BCUT2D eigenvalue weighted by atomic mass is 35.5. The monoisotopic (exact) mass is 588 g/mol. The van der Waals surface area contributed by atoms with Crippen molar-refractivity contribution in [3.05, 3.63) is 70.5 Å². The average Bonchev–Trinajstić information content (AvgIpc) is 2.95. The minimum absolute atomic E-state index is 0.0550. The number of carbonyl (C=O) groups is 4. The van der Waals surface area contributed by atoms with Crippen LogP contribution in [0.2, 0.25) is 5.02 Å². The minimum atomic E-state index is -0.965. The summed E-state index contributed by atoms with van der Waals surface area (Å²) in [6.07, 6.45) is 1.25. The molecule has 1 saturated heterocycles. The highest BCUT2D eigenvalue weighted by molar-refractivity contribution is 6.30. The second-order valence-electron chi connectivity index (χ2n) is 10.5. The maximum absolute atomic E-state index is 13.9. The van der Waals surface area contributed by atoms with Crippen molar-refractivity contribution in [3.63, 3.8) is 0 Å². The summed E-state index contributed by atoms with van der Waals surface area (Å²) in [5, 5.41) is 6.23. The third-order valence-corrected chi connectivity index (χ3v) is 7.31. The van der Waals surface area contributed by atoms with Gasteiger partial charge in [0, 0.05) is 49.6 Å². The summed E-state index contributed by atoms with van der Waals surface area (Å²) in [6, 6.07) is 11.2. The molecule has 2 unspecified atom stereocenters. The number of methoxy groups -OCH3 is 1. The first-order valence-corrected chi connectivity index (χ1v) is 14.1. The number of rotatable bonds is 12. The molecular formula is C30H38ClFN4O5. The topological polar surface area (TPSA) is 108 Å². The number of alkyl carbamates (subject to hydrolysis) is 1. The van der Waals surface area contributed by atoms with Gasteiger partial charge in [-0.2, -0.15) is 0 Å². The van der Waals surface area contributed by atoms with Gasteiger partial charge in [0.2, 0.25) is 11.8 Å². The Bertz CT molecular complexity index is 1180. The Morgan fingerprint density at radius 3 is 2.27 bits per heavy atom. The summed E-state index contributed by atoms with van der Waals surface area (Å²) in [5.41, 5.74) is 1.61. The number of nitrogens with one attached hydrogen (secondary N) is 2. The molecule has 2 N–H and O–H groups in total. The summed E-state index contributed by atoms with van der Waals surface area (Å²) in [6.45, 7) is 4.86. The maximum atomic E-state index is 13.9. The molecule has 0 saturated carbocycles. The zero-order valence-electron chi connectivity index (χ0n) is 23.6. The third-order valence-electron chi connectivity index (χ3n) is 7.06. The Morgan fingerprint density at radius 2 is 1.66 bits per heavy atom. The Morgan fingerprint density at radius 1 is 1.02 bits per heavy atom. The van der Waals surface area contributed by atoms with E-state index in [2.05, 4.69) is 10.6 Å². The van der Waals surface area contributed by atoms with E-state index in [1.54, 1.807) is 29.2 Å². The molecule has 9 nitrogen and oxygen atoms in total. The molecule has 11 heteroatoms. The van der Waals surface area contributed by atoms with Crippen LogP contribution in [0.15, 0.2) is 48.5 Å². The van der Waals surface area contributed by atoms with Crippen molar-refractivity contribution >= 4 is 35.8 Å². The van der Waals surface area contributed by atoms with Crippen LogP contribution in [0.3, 0.4) is 0 Å². The minimum Gasteiger partial charge on any atom is -0.453 e. The lowest BCUT2D eigenvalue weighted by atomic mass is 9.98. The standard InChI is InChI=1S/C30H38ClFN4O5/c1-20(2)33-28(38)27(18-22-6-10-23(31)11-7-22)35-14-15-36(25(19-35)5-4-16-37)29(39)26(34-30(40)41-3)17-21-8-12-24(32)13-9-21/h6-13,16,20,25-27H,4-5,14-15,17-19H2,1-3H3,(H,33,38)(H,34,40)/t25-,26?,27?/m0/s1. The number of amides is 3. The van der Waals surface area contributed by atoms with Crippen LogP contribution in [0.4, 0.5) is 9.18 Å². The number of piperazine rings is 1. The number of ether oxygens (including phenoxy) is 1. The zero-order valence-corrected chi connectivity index (χ0v) is 24.4. The second-order valence-corrected chi connectivity index (χ2v) is 10.9. The lowest BCUT2D eigenvalue weighted by Crippen LogP contribution is -2.63. The molecule has 3 rings (SSSR count). The van der Waals surface area contributed by atoms with E-state index >= 15 is 0 Å². The van der Waals surface area contributed by atoms with Gasteiger partial charge in [0.05, 0.1) is 13.2 Å². The average molecular weight is 589 g/mol. The first-order valence-electron chi connectivity index (χ1n) is 13.7. The van der Waals surface area contributed by atoms with Gasteiger partial charge < -0.3 is 25.1 Å². The first-order chi connectivity index (χ1) is 19.6. The number of hydrogen-bond acceptors (Lipinski definition) is 6. The molecule has 1 heterocycles. The van der Waals surface area contributed by atoms with Gasteiger partial charge in [0.15, 0.2) is 0 Å². The van der Waals surface area contributed by atoms with Crippen molar-refractivity contribution in [2.45, 2.75) is 63.7 Å². The quantitative estimate of drug-likeness (QED) is 0.368. The van der Waals surface area contributed by atoms with Gasteiger partial charge in [-0.25, -0.2) is 9.18 Å². The van der Waals surface area contributed by atoms with Crippen molar-refractivity contribution in [1.82, 2.24) is 20.4 Å². The number of aldehydes is 1. The SMILES string of the molecule is COC(=O)NC(Cc1ccc(F)cc1)C(=O)N1CCN(C(Cc2ccc(Cl)cc2)C(=O)NC(C)C)C[C@@H]1CCC=O. The van der Waals surface area contributed by atoms with Gasteiger partial charge in [0.1, 0.15) is 18.1 Å². The molecular weight excluding hydrogens is 551 g/mol. The van der Waals surface area contributed by atoms with Crippen LogP contribution in [0.5, 0.6) is 0 Å². The lowest BCUT2D eigenvalue weighted by Gasteiger charge is -2.45. The summed E-state index contributed by atoms with van der Waals surface area (Å²) in [5.74, 6) is -0.862. The van der Waals surface area contributed by atoms with Gasteiger partial charge >= 0.3 is 6.09 Å². The van der Waals surface area contributed by atoms with E-state index in [0.717, 1.165) is 11.8 Å². The molecule has 222 valence electrons. The molecule has 1 aliphatic rings. The Hall–Kier alpha value is -3.50. The van der Waals surface area contributed by atoms with Crippen molar-refractivity contribution in [1.29, 1.82) is 0 Å². The Balaban J connectivity index is 1.85. The van der Waals surface area contributed by atoms with Gasteiger partial charge in [-0.3, -0.25) is 14.5 Å². The third kappa shape index (κ3) is 9.54. The summed E-state index contributed by atoms with van der Waals surface area (Å²) >= 11 is 6.06. The first kappa shape index (κ1) is 32.0. The lowest BCUT2D eigenvalue weighted by molar-refractivity contribution is -0.140. The van der Waals surface area contributed by atoms with E-state index in [4.69, 9.17) is 16.3 Å². The van der Waals surface area contributed by atoms with E-state index in [9.17, 15) is 23.6 Å². The fraction of sp³-hybridized carbons (Fsp3) is 0.467.